The van der Waals surface area contributed by atoms with E-state index in [1.807, 2.05) is 6.20 Å². The molecule has 1 aromatic rings. The number of imidazole rings is 1. The fraction of sp³-hybridized carbons (Fsp3) is 0.812. The molecular weight excluding hydrogens is 266 g/mol. The average Bonchev–Trinajstić information content (AvgIpc) is 2.95. The molecule has 0 radical (unpaired) electrons. The van der Waals surface area contributed by atoms with Crippen LogP contribution in [-0.2, 0) is 22.4 Å². The summed E-state index contributed by atoms with van der Waals surface area (Å²) in [6.45, 7) is 10.6. The Balaban J connectivity index is 2.18. The van der Waals surface area contributed by atoms with Crippen LogP contribution in [0.2, 0.25) is 0 Å². The van der Waals surface area contributed by atoms with Crippen LogP contribution in [0.15, 0.2) is 12.4 Å². The molecule has 1 saturated heterocycles. The highest BCUT2D eigenvalue weighted by Crippen LogP contribution is 2.30. The quantitative estimate of drug-likeness (QED) is 0.797. The summed E-state index contributed by atoms with van der Waals surface area (Å²) in [6.07, 6.45) is 6.74. The Hall–Kier alpha value is -0.910. The Morgan fingerprint density at radius 2 is 2.14 bits per heavy atom. The number of aryl methyl sites for hydroxylation is 1. The summed E-state index contributed by atoms with van der Waals surface area (Å²) in [7, 11) is 0. The second kappa shape index (κ2) is 7.92. The lowest BCUT2D eigenvalue weighted by Gasteiger charge is -2.43. The summed E-state index contributed by atoms with van der Waals surface area (Å²) < 4.78 is 14.0. The minimum absolute atomic E-state index is 0.131. The van der Waals surface area contributed by atoms with Crippen LogP contribution in [0.4, 0.5) is 0 Å². The smallest absolute Gasteiger partial charge is 0.110 e. The van der Waals surface area contributed by atoms with Gasteiger partial charge in [-0.3, -0.25) is 0 Å². The van der Waals surface area contributed by atoms with Gasteiger partial charge in [0.1, 0.15) is 5.82 Å². The molecule has 0 spiro atoms. The minimum Gasteiger partial charge on any atom is -0.381 e. The van der Waals surface area contributed by atoms with Crippen molar-refractivity contribution in [1.29, 1.82) is 0 Å². The summed E-state index contributed by atoms with van der Waals surface area (Å²) in [6, 6.07) is 0.277. The van der Waals surface area contributed by atoms with E-state index < -0.39 is 0 Å². The fourth-order valence-corrected chi connectivity index (χ4v) is 3.29. The maximum Gasteiger partial charge on any atom is 0.110 e. The molecule has 2 heterocycles. The van der Waals surface area contributed by atoms with Crippen LogP contribution in [-0.4, -0.2) is 47.6 Å². The molecule has 1 fully saturated rings. The van der Waals surface area contributed by atoms with Gasteiger partial charge in [-0.2, -0.15) is 0 Å². The highest BCUT2D eigenvalue weighted by molar-refractivity contribution is 5.03. The van der Waals surface area contributed by atoms with Crippen molar-refractivity contribution in [2.24, 2.45) is 0 Å². The lowest BCUT2D eigenvalue weighted by Crippen LogP contribution is -2.56. The molecule has 0 amide bonds. The number of hydrogen-bond donors (Lipinski definition) is 1. The summed E-state index contributed by atoms with van der Waals surface area (Å²) in [5.74, 6) is 1.13. The third kappa shape index (κ3) is 3.84. The van der Waals surface area contributed by atoms with Crippen molar-refractivity contribution in [1.82, 2.24) is 14.9 Å². The third-order valence-corrected chi connectivity index (χ3v) is 4.39. The number of nitrogens with zero attached hydrogens (tertiary/aromatic N) is 2. The first-order valence-electron chi connectivity index (χ1n) is 8.20. The van der Waals surface area contributed by atoms with Gasteiger partial charge in [0, 0.05) is 64.1 Å². The van der Waals surface area contributed by atoms with Crippen LogP contribution < -0.4 is 5.32 Å². The second-order valence-electron chi connectivity index (χ2n) is 5.55. The summed E-state index contributed by atoms with van der Waals surface area (Å²) in [4.78, 5) is 4.53. The number of nitrogens with one attached hydrogen (secondary N) is 1. The Labute approximate surface area is 128 Å². The van der Waals surface area contributed by atoms with E-state index in [1.165, 1.54) is 0 Å². The Bertz CT molecular complexity index is 408. The first kappa shape index (κ1) is 16.5. The SMILES string of the molecule is CCNC(Cc1nccn1CC)C1(OCC)CCOCC1. The fourth-order valence-electron chi connectivity index (χ4n) is 3.29. The zero-order valence-electron chi connectivity index (χ0n) is 13.6. The largest absolute Gasteiger partial charge is 0.381 e. The first-order chi connectivity index (χ1) is 10.3. The Kier molecular flexibility index (Phi) is 6.21. The molecule has 5 nitrogen and oxygen atoms in total. The minimum atomic E-state index is -0.131. The number of hydrogen-bond acceptors (Lipinski definition) is 4. The van der Waals surface area contributed by atoms with E-state index in [-0.39, 0.29) is 11.6 Å². The van der Waals surface area contributed by atoms with Crippen LogP contribution in [0.3, 0.4) is 0 Å². The molecule has 0 aliphatic carbocycles. The molecule has 5 heteroatoms. The Morgan fingerprint density at radius 3 is 2.76 bits per heavy atom. The van der Waals surface area contributed by atoms with Crippen LogP contribution >= 0.6 is 0 Å². The second-order valence-corrected chi connectivity index (χ2v) is 5.55. The predicted octanol–water partition coefficient (Wildman–Crippen LogP) is 2.01. The summed E-state index contributed by atoms with van der Waals surface area (Å²) >= 11 is 0. The molecule has 21 heavy (non-hydrogen) atoms. The number of aromatic nitrogens is 2. The van der Waals surface area contributed by atoms with Gasteiger partial charge in [-0.15, -0.1) is 0 Å². The first-order valence-corrected chi connectivity index (χ1v) is 8.20. The number of likely N-dealkylation sites (N-methyl/N-ethyl adjacent to an activating group) is 1. The van der Waals surface area contributed by atoms with Gasteiger partial charge in [0.15, 0.2) is 0 Å². The van der Waals surface area contributed by atoms with Crippen molar-refractivity contribution in [3.8, 4) is 0 Å². The molecule has 1 aromatic heterocycles. The molecular formula is C16H29N3O2. The van der Waals surface area contributed by atoms with E-state index >= 15 is 0 Å². The molecule has 0 saturated carbocycles. The molecule has 1 atom stereocenters. The van der Waals surface area contributed by atoms with Crippen LogP contribution in [0.25, 0.3) is 0 Å². The lowest BCUT2D eigenvalue weighted by atomic mass is 9.83. The van der Waals surface area contributed by atoms with Gasteiger partial charge in [-0.05, 0) is 20.4 Å². The average molecular weight is 295 g/mol. The predicted molar refractivity (Wildman–Crippen MR) is 83.5 cm³/mol. The van der Waals surface area contributed by atoms with E-state index in [0.29, 0.717) is 0 Å². The summed E-state index contributed by atoms with van der Waals surface area (Å²) in [5.41, 5.74) is -0.131. The summed E-state index contributed by atoms with van der Waals surface area (Å²) in [5, 5.41) is 3.63. The topological polar surface area (TPSA) is 48.3 Å². The number of ether oxygens (including phenoxy) is 2. The lowest BCUT2D eigenvalue weighted by molar-refractivity contribution is -0.126. The van der Waals surface area contributed by atoms with Crippen molar-refractivity contribution in [3.63, 3.8) is 0 Å². The van der Waals surface area contributed by atoms with E-state index in [2.05, 4.69) is 41.8 Å². The molecule has 0 aromatic carbocycles. The highest BCUT2D eigenvalue weighted by Gasteiger charge is 2.41. The van der Waals surface area contributed by atoms with Gasteiger partial charge in [-0.25, -0.2) is 4.98 Å². The van der Waals surface area contributed by atoms with Crippen LogP contribution in [0.1, 0.15) is 39.4 Å². The molecule has 1 N–H and O–H groups in total. The maximum atomic E-state index is 6.23. The van der Waals surface area contributed by atoms with Gasteiger partial charge in [0.05, 0.1) is 5.60 Å². The van der Waals surface area contributed by atoms with Gasteiger partial charge in [0.25, 0.3) is 0 Å². The highest BCUT2D eigenvalue weighted by atomic mass is 16.5. The normalized spacial score (nSPS) is 19.6. The van der Waals surface area contributed by atoms with E-state index in [0.717, 1.165) is 58.0 Å². The van der Waals surface area contributed by atoms with Crippen molar-refractivity contribution >= 4 is 0 Å². The van der Waals surface area contributed by atoms with Crippen LogP contribution in [0, 0.1) is 0 Å². The standard InChI is InChI=1S/C16H29N3O2/c1-4-17-14(13-15-18-9-10-19(15)5-2)16(21-6-3)7-11-20-12-8-16/h9-10,14,17H,4-8,11-13H2,1-3H3. The van der Waals surface area contributed by atoms with E-state index in [9.17, 15) is 0 Å². The zero-order valence-corrected chi connectivity index (χ0v) is 13.6. The Morgan fingerprint density at radius 1 is 1.38 bits per heavy atom. The van der Waals surface area contributed by atoms with Gasteiger partial charge in [0.2, 0.25) is 0 Å². The van der Waals surface area contributed by atoms with Gasteiger partial charge >= 0.3 is 0 Å². The molecule has 120 valence electrons. The van der Waals surface area contributed by atoms with Crippen molar-refractivity contribution in [2.45, 2.75) is 58.2 Å². The van der Waals surface area contributed by atoms with Crippen molar-refractivity contribution in [3.05, 3.63) is 18.2 Å². The van der Waals surface area contributed by atoms with Crippen molar-refractivity contribution in [2.75, 3.05) is 26.4 Å². The maximum absolute atomic E-state index is 6.23. The van der Waals surface area contributed by atoms with Crippen molar-refractivity contribution < 1.29 is 9.47 Å². The molecule has 1 aliphatic rings. The third-order valence-electron chi connectivity index (χ3n) is 4.39. The van der Waals surface area contributed by atoms with E-state index in [1.54, 1.807) is 0 Å². The molecule has 0 bridgehead atoms. The van der Waals surface area contributed by atoms with Gasteiger partial charge in [-0.1, -0.05) is 6.92 Å². The molecule has 1 aliphatic heterocycles. The molecule has 2 rings (SSSR count). The molecule has 1 unspecified atom stereocenters. The number of rotatable bonds is 8. The van der Waals surface area contributed by atoms with Gasteiger partial charge < -0.3 is 19.4 Å². The van der Waals surface area contributed by atoms with Crippen LogP contribution in [0.5, 0.6) is 0 Å². The monoisotopic (exact) mass is 295 g/mol. The zero-order chi connectivity index (χ0) is 15.1. The van der Waals surface area contributed by atoms with E-state index in [4.69, 9.17) is 9.47 Å².